The maximum Gasteiger partial charge on any atom is 0.433 e. The zero-order chi connectivity index (χ0) is 15.7. The van der Waals surface area contributed by atoms with Crippen molar-refractivity contribution in [1.29, 1.82) is 0 Å². The molecule has 0 aliphatic carbocycles. The molecular formula is C12H15F3N6. The highest BCUT2D eigenvalue weighted by Crippen LogP contribution is 2.29. The van der Waals surface area contributed by atoms with E-state index < -0.39 is 17.7 Å². The summed E-state index contributed by atoms with van der Waals surface area (Å²) < 4.78 is 37.8. The Morgan fingerprint density at radius 2 is 2.10 bits per heavy atom. The number of rotatable bonds is 2. The number of pyridine rings is 1. The minimum atomic E-state index is -4.50. The molecule has 0 bridgehead atoms. The Hall–Kier alpha value is -2.16. The lowest BCUT2D eigenvalue weighted by Crippen LogP contribution is -2.49. The molecule has 0 fully saturated rings. The molecule has 1 atom stereocenters. The van der Waals surface area contributed by atoms with Gasteiger partial charge in [0.15, 0.2) is 0 Å². The Balaban J connectivity index is 2.21. The van der Waals surface area contributed by atoms with Crippen LogP contribution in [0.1, 0.15) is 19.5 Å². The van der Waals surface area contributed by atoms with Crippen LogP contribution in [0.2, 0.25) is 0 Å². The topological polar surface area (TPSA) is 87.7 Å². The first kappa shape index (κ1) is 15.2. The number of nitrogens with two attached hydrogens (primary N) is 1. The van der Waals surface area contributed by atoms with Gasteiger partial charge in [0.2, 0.25) is 11.7 Å². The van der Waals surface area contributed by atoms with Crippen molar-refractivity contribution in [3.05, 3.63) is 24.0 Å². The Kier molecular flexibility index (Phi) is 3.86. The third-order valence-electron chi connectivity index (χ3n) is 2.93. The van der Waals surface area contributed by atoms with Gasteiger partial charge in [-0.2, -0.15) is 13.2 Å². The first-order valence-electron chi connectivity index (χ1n) is 6.20. The molecule has 0 saturated heterocycles. The average Bonchev–Trinajstić information content (AvgIpc) is 2.38. The summed E-state index contributed by atoms with van der Waals surface area (Å²) in [5.74, 6) is -0.996. The third-order valence-corrected chi connectivity index (χ3v) is 2.93. The van der Waals surface area contributed by atoms with Gasteiger partial charge < -0.3 is 10.6 Å². The molecular weight excluding hydrogens is 285 g/mol. The van der Waals surface area contributed by atoms with Gasteiger partial charge in [-0.1, -0.05) is 13.8 Å². The van der Waals surface area contributed by atoms with Crippen molar-refractivity contribution in [2.24, 2.45) is 21.6 Å². The van der Waals surface area contributed by atoms with Crippen LogP contribution in [0.15, 0.2) is 28.3 Å². The maximum absolute atomic E-state index is 12.6. The van der Waals surface area contributed by atoms with E-state index in [0.717, 1.165) is 12.3 Å². The molecule has 1 unspecified atom stereocenters. The highest BCUT2D eigenvalue weighted by Gasteiger charge is 2.33. The lowest BCUT2D eigenvalue weighted by atomic mass is 10.1. The van der Waals surface area contributed by atoms with E-state index in [-0.39, 0.29) is 17.6 Å². The van der Waals surface area contributed by atoms with Gasteiger partial charge in [-0.3, -0.25) is 10.7 Å². The van der Waals surface area contributed by atoms with E-state index in [1.807, 2.05) is 13.8 Å². The number of halogens is 3. The summed E-state index contributed by atoms with van der Waals surface area (Å²) in [7, 11) is 0. The number of alkyl halides is 3. The zero-order valence-electron chi connectivity index (χ0n) is 11.4. The predicted octanol–water partition coefficient (Wildman–Crippen LogP) is 1.77. The van der Waals surface area contributed by atoms with Crippen LogP contribution in [0.3, 0.4) is 0 Å². The van der Waals surface area contributed by atoms with Crippen LogP contribution in [-0.4, -0.2) is 23.1 Å². The van der Waals surface area contributed by atoms with E-state index in [2.05, 4.69) is 25.6 Å². The summed E-state index contributed by atoms with van der Waals surface area (Å²) in [6.45, 7) is 3.69. The summed E-state index contributed by atoms with van der Waals surface area (Å²) in [6, 6.07) is 2.29. The predicted molar refractivity (Wildman–Crippen MR) is 73.7 cm³/mol. The molecule has 0 aromatic carbocycles. The van der Waals surface area contributed by atoms with Crippen LogP contribution in [0.25, 0.3) is 0 Å². The number of nitrogens with zero attached hydrogens (tertiary/aromatic N) is 3. The van der Waals surface area contributed by atoms with Gasteiger partial charge >= 0.3 is 6.18 Å². The van der Waals surface area contributed by atoms with E-state index >= 15 is 0 Å². The van der Waals surface area contributed by atoms with Crippen molar-refractivity contribution in [3.8, 4) is 0 Å². The van der Waals surface area contributed by atoms with E-state index in [0.29, 0.717) is 0 Å². The van der Waals surface area contributed by atoms with Gasteiger partial charge in [0.25, 0.3) is 0 Å². The maximum atomic E-state index is 12.6. The van der Waals surface area contributed by atoms with Crippen LogP contribution in [-0.2, 0) is 6.18 Å². The number of guanidine groups is 1. The summed E-state index contributed by atoms with van der Waals surface area (Å²) in [4.78, 5) is 11.5. The Morgan fingerprint density at radius 1 is 1.38 bits per heavy atom. The van der Waals surface area contributed by atoms with Crippen molar-refractivity contribution < 1.29 is 13.2 Å². The average molecular weight is 300 g/mol. The number of hydrogen-bond acceptors (Lipinski definition) is 6. The Morgan fingerprint density at radius 3 is 2.71 bits per heavy atom. The smallest absolute Gasteiger partial charge is 0.326 e. The first-order chi connectivity index (χ1) is 9.71. The molecule has 1 aromatic rings. The SMILES string of the molecule is CC(C)C1(N)N=CNC(Nc2ccnc(C(F)(F)F)c2)=N1. The van der Waals surface area contributed by atoms with E-state index in [1.165, 1.54) is 12.4 Å². The lowest BCUT2D eigenvalue weighted by molar-refractivity contribution is -0.141. The number of nitrogens with one attached hydrogen (secondary N) is 2. The normalized spacial score (nSPS) is 22.0. The molecule has 1 aromatic heterocycles. The molecule has 1 aliphatic heterocycles. The first-order valence-corrected chi connectivity index (χ1v) is 6.20. The number of anilines is 1. The number of hydrogen-bond donors (Lipinski definition) is 3. The minimum absolute atomic E-state index is 0.0733. The van der Waals surface area contributed by atoms with E-state index in [9.17, 15) is 13.2 Å². The molecule has 4 N–H and O–H groups in total. The Bertz CT molecular complexity index is 581. The van der Waals surface area contributed by atoms with Crippen LogP contribution in [0, 0.1) is 5.92 Å². The molecule has 2 heterocycles. The highest BCUT2D eigenvalue weighted by molar-refractivity contribution is 6.01. The second kappa shape index (κ2) is 5.32. The molecule has 0 saturated carbocycles. The van der Waals surface area contributed by atoms with Crippen molar-refractivity contribution in [1.82, 2.24) is 10.3 Å². The fourth-order valence-electron chi connectivity index (χ4n) is 1.58. The quantitative estimate of drug-likeness (QED) is 0.776. The van der Waals surface area contributed by atoms with Crippen molar-refractivity contribution in [3.63, 3.8) is 0 Å². The van der Waals surface area contributed by atoms with E-state index in [1.54, 1.807) is 0 Å². The minimum Gasteiger partial charge on any atom is -0.326 e. The van der Waals surface area contributed by atoms with Gasteiger partial charge in [-0.25, -0.2) is 9.98 Å². The van der Waals surface area contributed by atoms with Crippen LogP contribution in [0.4, 0.5) is 18.9 Å². The molecule has 0 amide bonds. The Labute approximate surface area is 119 Å². The zero-order valence-corrected chi connectivity index (χ0v) is 11.4. The molecule has 2 rings (SSSR count). The fraction of sp³-hybridized carbons (Fsp3) is 0.417. The molecule has 0 radical (unpaired) electrons. The summed E-state index contributed by atoms with van der Waals surface area (Å²) >= 11 is 0. The number of aromatic nitrogens is 1. The van der Waals surface area contributed by atoms with Crippen molar-refractivity contribution >= 4 is 18.0 Å². The second-order valence-electron chi connectivity index (χ2n) is 4.85. The summed E-state index contributed by atoms with van der Waals surface area (Å²) in [6.07, 6.45) is -2.07. The molecule has 6 nitrogen and oxygen atoms in total. The largest absolute Gasteiger partial charge is 0.433 e. The molecule has 9 heteroatoms. The van der Waals surface area contributed by atoms with Gasteiger partial charge in [0.1, 0.15) is 5.69 Å². The van der Waals surface area contributed by atoms with Gasteiger partial charge in [-0.15, -0.1) is 0 Å². The van der Waals surface area contributed by atoms with Crippen LogP contribution < -0.4 is 16.4 Å². The third kappa shape index (κ3) is 3.48. The molecule has 114 valence electrons. The summed E-state index contributed by atoms with van der Waals surface area (Å²) in [5, 5.41) is 5.43. The number of aliphatic imine (C=N–C) groups is 2. The van der Waals surface area contributed by atoms with Crippen molar-refractivity contribution in [2.75, 3.05) is 5.32 Å². The van der Waals surface area contributed by atoms with Crippen LogP contribution >= 0.6 is 0 Å². The second-order valence-corrected chi connectivity index (χ2v) is 4.85. The van der Waals surface area contributed by atoms with Gasteiger partial charge in [0.05, 0.1) is 6.34 Å². The summed E-state index contributed by atoms with van der Waals surface area (Å²) in [5.41, 5.74) is 5.20. The monoisotopic (exact) mass is 300 g/mol. The highest BCUT2D eigenvalue weighted by atomic mass is 19.4. The van der Waals surface area contributed by atoms with Crippen molar-refractivity contribution in [2.45, 2.75) is 25.8 Å². The van der Waals surface area contributed by atoms with E-state index in [4.69, 9.17) is 5.73 Å². The van der Waals surface area contributed by atoms with Crippen LogP contribution in [0.5, 0.6) is 0 Å². The fourth-order valence-corrected chi connectivity index (χ4v) is 1.58. The van der Waals surface area contributed by atoms with Gasteiger partial charge in [0, 0.05) is 17.8 Å². The molecule has 0 spiro atoms. The van der Waals surface area contributed by atoms with Gasteiger partial charge in [-0.05, 0) is 12.1 Å². The standard InChI is InChI=1S/C12H15F3N6/c1-7(2)12(16)19-6-18-10(21-12)20-8-3-4-17-9(5-8)11(13,14)15/h3-7H,16H2,1-2H3,(H2,17,18,19,20,21). The lowest BCUT2D eigenvalue weighted by Gasteiger charge is -2.28. The molecule has 1 aliphatic rings. The molecule has 21 heavy (non-hydrogen) atoms.